The van der Waals surface area contributed by atoms with Crippen molar-refractivity contribution in [2.75, 3.05) is 13.2 Å². The predicted octanol–water partition coefficient (Wildman–Crippen LogP) is 4.37. The number of carbonyl (C=O) groups is 2. The molecule has 0 bridgehead atoms. The molecule has 0 radical (unpaired) electrons. The number of allylic oxidation sites excluding steroid dienone is 2. The summed E-state index contributed by atoms with van der Waals surface area (Å²) in [7, 11) is 0. The van der Waals surface area contributed by atoms with E-state index >= 15 is 0 Å². The third-order valence-corrected chi connectivity index (χ3v) is 4.91. The van der Waals surface area contributed by atoms with Crippen LogP contribution in [0, 0.1) is 0 Å². The van der Waals surface area contributed by atoms with Crippen molar-refractivity contribution in [2.24, 2.45) is 0 Å². The molecule has 3 rings (SSSR count). The van der Waals surface area contributed by atoms with E-state index in [2.05, 4.69) is 11.9 Å². The number of hydrogen-bond acceptors (Lipinski definition) is 5. The molecule has 2 aromatic carbocycles. The van der Waals surface area contributed by atoms with Crippen LogP contribution in [-0.4, -0.2) is 25.2 Å². The molecule has 5 nitrogen and oxygen atoms in total. The molecule has 150 valence electrons. The normalized spacial score (nSPS) is 16.4. The van der Waals surface area contributed by atoms with Gasteiger partial charge in [-0.3, -0.25) is 0 Å². The molecule has 1 aliphatic heterocycles. The molecular weight excluding hydrogens is 366 g/mol. The van der Waals surface area contributed by atoms with Gasteiger partial charge in [-0.15, -0.1) is 0 Å². The molecule has 0 aliphatic carbocycles. The molecule has 0 aromatic heterocycles. The van der Waals surface area contributed by atoms with Crippen LogP contribution in [0.1, 0.15) is 32.3 Å². The van der Waals surface area contributed by atoms with E-state index in [1.54, 1.807) is 6.92 Å². The largest absolute Gasteiger partial charge is 0.463 e. The van der Waals surface area contributed by atoms with E-state index < -0.39 is 17.9 Å². The minimum atomic E-state index is -0.586. The van der Waals surface area contributed by atoms with Crippen LogP contribution in [0.5, 0.6) is 0 Å². The summed E-state index contributed by atoms with van der Waals surface area (Å²) in [6.07, 6.45) is 1.52. The summed E-state index contributed by atoms with van der Waals surface area (Å²) in [6.45, 7) is 9.32. The fourth-order valence-corrected chi connectivity index (χ4v) is 3.68. The van der Waals surface area contributed by atoms with Gasteiger partial charge in [0.2, 0.25) is 0 Å². The van der Waals surface area contributed by atoms with Gasteiger partial charge in [0, 0.05) is 11.4 Å². The molecule has 29 heavy (non-hydrogen) atoms. The highest BCUT2D eigenvalue weighted by Gasteiger charge is 2.37. The Morgan fingerprint density at radius 1 is 1.00 bits per heavy atom. The summed E-state index contributed by atoms with van der Waals surface area (Å²) in [5, 5.41) is 5.26. The standard InChI is InChI=1S/C24H25NO4/c1-5-13-29-24(27)21-16(4)25-15(3)20(23(26)28-6-2)22(21)19-12-11-17-9-7-8-10-18(17)14-19/h5,7-12,14,22,25H,1,6,13H2,2-4H3/t22-/m0/s1. The number of rotatable bonds is 6. The number of hydrogen-bond donors (Lipinski definition) is 1. The fraction of sp³-hybridized carbons (Fsp3) is 0.250. The Balaban J connectivity index is 2.18. The zero-order chi connectivity index (χ0) is 21.0. The minimum Gasteiger partial charge on any atom is -0.463 e. The smallest absolute Gasteiger partial charge is 0.337 e. The first-order valence-electron chi connectivity index (χ1n) is 9.60. The van der Waals surface area contributed by atoms with Crippen molar-refractivity contribution in [3.05, 3.63) is 83.2 Å². The number of esters is 2. The Labute approximate surface area is 170 Å². The zero-order valence-electron chi connectivity index (χ0n) is 17.0. The Morgan fingerprint density at radius 3 is 2.24 bits per heavy atom. The Hall–Kier alpha value is -3.34. The first-order valence-corrected chi connectivity index (χ1v) is 9.60. The Kier molecular flexibility index (Phi) is 6.17. The van der Waals surface area contributed by atoms with Crippen molar-refractivity contribution < 1.29 is 19.1 Å². The fourth-order valence-electron chi connectivity index (χ4n) is 3.68. The molecule has 0 unspecified atom stereocenters. The van der Waals surface area contributed by atoms with Crippen LogP contribution in [0.4, 0.5) is 0 Å². The van der Waals surface area contributed by atoms with Crippen LogP contribution >= 0.6 is 0 Å². The van der Waals surface area contributed by atoms with E-state index in [1.165, 1.54) is 6.08 Å². The van der Waals surface area contributed by atoms with Crippen molar-refractivity contribution in [1.29, 1.82) is 0 Å². The van der Waals surface area contributed by atoms with E-state index in [-0.39, 0.29) is 13.2 Å². The number of fused-ring (bicyclic) bond motifs is 1. The molecule has 1 aliphatic rings. The number of carbonyl (C=O) groups excluding carboxylic acids is 2. The van der Waals surface area contributed by atoms with Crippen molar-refractivity contribution >= 4 is 22.7 Å². The van der Waals surface area contributed by atoms with E-state index in [0.29, 0.717) is 22.5 Å². The van der Waals surface area contributed by atoms with Gasteiger partial charge < -0.3 is 14.8 Å². The SMILES string of the molecule is C=CCOC(=O)C1=C(C)NC(C)=C(C(=O)OCC)[C@@H]1c1ccc2ccccc2c1. The quantitative estimate of drug-likeness (QED) is 0.585. The van der Waals surface area contributed by atoms with E-state index in [9.17, 15) is 9.59 Å². The maximum Gasteiger partial charge on any atom is 0.337 e. The highest BCUT2D eigenvalue weighted by Crippen LogP contribution is 2.40. The lowest BCUT2D eigenvalue weighted by Crippen LogP contribution is -2.32. The number of nitrogens with one attached hydrogen (secondary N) is 1. The molecular formula is C24H25NO4. The third kappa shape index (κ3) is 4.09. The van der Waals surface area contributed by atoms with Crippen LogP contribution < -0.4 is 5.32 Å². The maximum absolute atomic E-state index is 12.9. The van der Waals surface area contributed by atoms with Gasteiger partial charge in [0.25, 0.3) is 0 Å². The first kappa shape index (κ1) is 20.4. The summed E-state index contributed by atoms with van der Waals surface area (Å²) >= 11 is 0. The summed E-state index contributed by atoms with van der Waals surface area (Å²) in [5.74, 6) is -1.52. The molecule has 1 heterocycles. The third-order valence-electron chi connectivity index (χ3n) is 4.91. The lowest BCUT2D eigenvalue weighted by atomic mass is 9.80. The molecule has 0 amide bonds. The molecule has 0 fully saturated rings. The summed E-state index contributed by atoms with van der Waals surface area (Å²) in [6, 6.07) is 13.9. The molecule has 0 saturated heterocycles. The maximum atomic E-state index is 12.9. The second kappa shape index (κ2) is 8.78. The zero-order valence-corrected chi connectivity index (χ0v) is 17.0. The predicted molar refractivity (Wildman–Crippen MR) is 113 cm³/mol. The van der Waals surface area contributed by atoms with Crippen molar-refractivity contribution in [3.63, 3.8) is 0 Å². The lowest BCUT2D eigenvalue weighted by molar-refractivity contribution is -0.139. The van der Waals surface area contributed by atoms with Crippen LogP contribution in [-0.2, 0) is 19.1 Å². The molecule has 0 spiro atoms. The van der Waals surface area contributed by atoms with Gasteiger partial charge in [-0.25, -0.2) is 9.59 Å². The van der Waals surface area contributed by atoms with Crippen LogP contribution in [0.25, 0.3) is 10.8 Å². The average Bonchev–Trinajstić information content (AvgIpc) is 2.71. The number of benzene rings is 2. The first-order chi connectivity index (χ1) is 14.0. The highest BCUT2D eigenvalue weighted by atomic mass is 16.5. The molecule has 5 heteroatoms. The molecule has 1 atom stereocenters. The van der Waals surface area contributed by atoms with Crippen LogP contribution in [0.3, 0.4) is 0 Å². The highest BCUT2D eigenvalue weighted by molar-refractivity contribution is 6.00. The topological polar surface area (TPSA) is 64.6 Å². The van der Waals surface area contributed by atoms with Crippen LogP contribution in [0.15, 0.2) is 77.7 Å². The Morgan fingerprint density at radius 2 is 1.62 bits per heavy atom. The second-order valence-corrected chi connectivity index (χ2v) is 6.85. The van der Waals surface area contributed by atoms with Crippen LogP contribution in [0.2, 0.25) is 0 Å². The number of dihydropyridines is 1. The second-order valence-electron chi connectivity index (χ2n) is 6.85. The van der Waals surface area contributed by atoms with Crippen molar-refractivity contribution in [3.8, 4) is 0 Å². The van der Waals surface area contributed by atoms with E-state index in [4.69, 9.17) is 9.47 Å². The van der Waals surface area contributed by atoms with Gasteiger partial charge in [0.1, 0.15) is 6.61 Å². The molecule has 0 saturated carbocycles. The monoisotopic (exact) mass is 391 g/mol. The molecule has 1 N–H and O–H groups in total. The summed E-state index contributed by atoms with van der Waals surface area (Å²) < 4.78 is 10.6. The average molecular weight is 391 g/mol. The van der Waals surface area contributed by atoms with Gasteiger partial charge in [-0.2, -0.15) is 0 Å². The summed E-state index contributed by atoms with van der Waals surface area (Å²) in [5.41, 5.74) is 2.97. The van der Waals surface area contributed by atoms with E-state index in [1.807, 2.05) is 56.3 Å². The van der Waals surface area contributed by atoms with Gasteiger partial charge in [-0.05, 0) is 37.1 Å². The number of ether oxygens (including phenoxy) is 2. The van der Waals surface area contributed by atoms with Crippen molar-refractivity contribution in [1.82, 2.24) is 5.32 Å². The lowest BCUT2D eigenvalue weighted by Gasteiger charge is -2.30. The van der Waals surface area contributed by atoms with E-state index in [0.717, 1.165) is 16.3 Å². The van der Waals surface area contributed by atoms with Gasteiger partial charge >= 0.3 is 11.9 Å². The summed E-state index contributed by atoms with van der Waals surface area (Å²) in [4.78, 5) is 25.7. The minimum absolute atomic E-state index is 0.0947. The Bertz CT molecular complexity index is 1030. The van der Waals surface area contributed by atoms with Gasteiger partial charge in [0.15, 0.2) is 0 Å². The molecule has 2 aromatic rings. The van der Waals surface area contributed by atoms with Gasteiger partial charge in [0.05, 0.1) is 23.7 Å². The van der Waals surface area contributed by atoms with Crippen molar-refractivity contribution in [2.45, 2.75) is 26.7 Å². The van der Waals surface area contributed by atoms with Gasteiger partial charge in [-0.1, -0.05) is 55.1 Å².